The van der Waals surface area contributed by atoms with E-state index in [1.165, 1.54) is 23.0 Å². The maximum Gasteiger partial charge on any atom is 0.339 e. The van der Waals surface area contributed by atoms with E-state index in [1.54, 1.807) is 6.92 Å². The van der Waals surface area contributed by atoms with E-state index in [0.29, 0.717) is 4.83 Å². The molecule has 0 saturated carbocycles. The first-order valence-corrected chi connectivity index (χ1v) is 6.26. The van der Waals surface area contributed by atoms with Crippen LogP contribution in [0.2, 0.25) is 0 Å². The molecule has 0 fully saturated rings. The summed E-state index contributed by atoms with van der Waals surface area (Å²) in [5.74, 6) is -0.555. The van der Waals surface area contributed by atoms with E-state index in [1.807, 2.05) is 0 Å². The number of ether oxygens (including phenoxy) is 1. The van der Waals surface area contributed by atoms with Crippen LogP contribution >= 0.6 is 11.3 Å². The minimum absolute atomic E-state index is 0.0696. The third-order valence-corrected chi connectivity index (χ3v) is 3.27. The Labute approximate surface area is 106 Å². The molecule has 0 aliphatic carbocycles. The molecule has 0 aliphatic rings. The first kappa shape index (κ1) is 12.7. The number of nitrogens with zero attached hydrogens (tertiary/aromatic N) is 2. The van der Waals surface area contributed by atoms with Crippen molar-refractivity contribution in [3.05, 3.63) is 27.6 Å². The topological polar surface area (TPSA) is 61.2 Å². The molecule has 0 atom stereocenters. The highest BCUT2D eigenvalue weighted by Crippen LogP contribution is 2.21. The van der Waals surface area contributed by atoms with Gasteiger partial charge in [0.2, 0.25) is 0 Å². The minimum atomic E-state index is -0.661. The normalized spacial score (nSPS) is 10.8. The van der Waals surface area contributed by atoms with Crippen LogP contribution in [0.25, 0.3) is 10.2 Å². The number of hydrogen-bond donors (Lipinski definition) is 0. The summed E-state index contributed by atoms with van der Waals surface area (Å²) < 4.78 is 18.3. The molecule has 7 heteroatoms. The van der Waals surface area contributed by atoms with E-state index in [9.17, 15) is 14.0 Å². The number of alkyl halides is 1. The van der Waals surface area contributed by atoms with E-state index < -0.39 is 18.2 Å². The number of rotatable bonds is 4. The van der Waals surface area contributed by atoms with E-state index in [0.717, 1.165) is 4.57 Å². The van der Waals surface area contributed by atoms with Crippen LogP contribution in [0.1, 0.15) is 17.3 Å². The molecule has 0 N–H and O–H groups in total. The molecule has 2 aromatic heterocycles. The van der Waals surface area contributed by atoms with Gasteiger partial charge in [0.25, 0.3) is 5.56 Å². The van der Waals surface area contributed by atoms with Crippen LogP contribution in [-0.4, -0.2) is 28.8 Å². The molecule has 18 heavy (non-hydrogen) atoms. The number of esters is 1. The van der Waals surface area contributed by atoms with Crippen LogP contribution in [-0.2, 0) is 11.3 Å². The highest BCUT2D eigenvalue weighted by atomic mass is 32.1. The Bertz CT molecular complexity index is 635. The average molecular weight is 270 g/mol. The summed E-state index contributed by atoms with van der Waals surface area (Å²) in [5, 5.41) is 1.74. The Kier molecular flexibility index (Phi) is 3.71. The molecule has 0 aromatic carbocycles. The summed E-state index contributed by atoms with van der Waals surface area (Å²) >= 11 is 1.19. The van der Waals surface area contributed by atoms with Crippen LogP contribution in [0.5, 0.6) is 0 Å². The maximum absolute atomic E-state index is 12.3. The molecule has 0 saturated heterocycles. The van der Waals surface area contributed by atoms with Crippen molar-refractivity contribution in [1.29, 1.82) is 0 Å². The Hall–Kier alpha value is -1.76. The Morgan fingerprint density at radius 1 is 1.61 bits per heavy atom. The van der Waals surface area contributed by atoms with Gasteiger partial charge in [-0.05, 0) is 6.92 Å². The third-order valence-electron chi connectivity index (χ3n) is 2.38. The predicted molar refractivity (Wildman–Crippen MR) is 65.8 cm³/mol. The fourth-order valence-corrected chi connectivity index (χ4v) is 2.44. The lowest BCUT2D eigenvalue weighted by Crippen LogP contribution is -2.22. The summed E-state index contributed by atoms with van der Waals surface area (Å²) in [6, 6.07) is 0. The first-order valence-electron chi connectivity index (χ1n) is 5.38. The molecule has 0 aliphatic heterocycles. The lowest BCUT2D eigenvalue weighted by molar-refractivity contribution is 0.0529. The minimum Gasteiger partial charge on any atom is -0.462 e. The smallest absolute Gasteiger partial charge is 0.339 e. The lowest BCUT2D eigenvalue weighted by atomic mass is 10.2. The molecule has 0 radical (unpaired) electrons. The van der Waals surface area contributed by atoms with Crippen molar-refractivity contribution >= 4 is 27.5 Å². The van der Waals surface area contributed by atoms with Gasteiger partial charge in [0.15, 0.2) is 0 Å². The zero-order valence-electron chi connectivity index (χ0n) is 9.68. The molecule has 0 bridgehead atoms. The van der Waals surface area contributed by atoms with E-state index in [-0.39, 0.29) is 24.1 Å². The molecular formula is C11H11FN2O3S. The van der Waals surface area contributed by atoms with Crippen molar-refractivity contribution < 1.29 is 13.9 Å². The van der Waals surface area contributed by atoms with Gasteiger partial charge in [0, 0.05) is 5.38 Å². The zero-order chi connectivity index (χ0) is 13.1. The average Bonchev–Trinajstić information content (AvgIpc) is 2.78. The standard InChI is InChI=1S/C11H11FN2O3S/c1-2-17-11(16)7-5-18-9-8(7)10(15)14(4-3-12)6-13-9/h5-6H,2-4H2,1H3. The Morgan fingerprint density at radius 2 is 2.39 bits per heavy atom. The molecule has 0 amide bonds. The maximum atomic E-state index is 12.3. The molecule has 2 heterocycles. The lowest BCUT2D eigenvalue weighted by Gasteiger charge is -2.03. The molecule has 0 spiro atoms. The molecule has 96 valence electrons. The zero-order valence-corrected chi connectivity index (χ0v) is 10.5. The van der Waals surface area contributed by atoms with Gasteiger partial charge in [-0.15, -0.1) is 11.3 Å². The Morgan fingerprint density at radius 3 is 3.06 bits per heavy atom. The molecule has 0 unspecified atom stereocenters. The molecule has 2 aromatic rings. The van der Waals surface area contributed by atoms with Crippen molar-refractivity contribution in [3.8, 4) is 0 Å². The van der Waals surface area contributed by atoms with Gasteiger partial charge in [-0.2, -0.15) is 0 Å². The highest BCUT2D eigenvalue weighted by Gasteiger charge is 2.18. The number of carbonyl (C=O) groups excluding carboxylic acids is 1. The van der Waals surface area contributed by atoms with Gasteiger partial charge >= 0.3 is 5.97 Å². The molecule has 2 rings (SSSR count). The van der Waals surface area contributed by atoms with Crippen molar-refractivity contribution in [1.82, 2.24) is 9.55 Å². The second-order valence-corrected chi connectivity index (χ2v) is 4.34. The van der Waals surface area contributed by atoms with Crippen molar-refractivity contribution in [2.45, 2.75) is 13.5 Å². The van der Waals surface area contributed by atoms with Crippen molar-refractivity contribution in [3.63, 3.8) is 0 Å². The van der Waals surface area contributed by atoms with Crippen LogP contribution in [0.4, 0.5) is 4.39 Å². The molecule has 5 nitrogen and oxygen atoms in total. The van der Waals surface area contributed by atoms with Gasteiger partial charge < -0.3 is 4.74 Å². The monoisotopic (exact) mass is 270 g/mol. The number of aromatic nitrogens is 2. The SMILES string of the molecule is CCOC(=O)c1csc2ncn(CCF)c(=O)c12. The number of thiophene rings is 1. The summed E-state index contributed by atoms with van der Waals surface area (Å²) in [7, 11) is 0. The first-order chi connectivity index (χ1) is 8.69. The summed E-state index contributed by atoms with van der Waals surface area (Å²) in [5.41, 5.74) is -0.218. The quantitative estimate of drug-likeness (QED) is 0.792. The number of aryl methyl sites for hydroxylation is 1. The second kappa shape index (κ2) is 5.26. The van der Waals surface area contributed by atoms with Gasteiger partial charge in [-0.3, -0.25) is 9.36 Å². The third kappa shape index (κ3) is 2.13. The summed E-state index contributed by atoms with van der Waals surface area (Å²) in [6.45, 7) is 1.19. The van der Waals surface area contributed by atoms with E-state index in [4.69, 9.17) is 4.74 Å². The predicted octanol–water partition coefficient (Wildman–Crippen LogP) is 1.60. The van der Waals surface area contributed by atoms with Gasteiger partial charge in [-0.1, -0.05) is 0 Å². The molecular weight excluding hydrogens is 259 g/mol. The van der Waals surface area contributed by atoms with E-state index >= 15 is 0 Å². The van der Waals surface area contributed by atoms with Crippen molar-refractivity contribution in [2.24, 2.45) is 0 Å². The van der Waals surface area contributed by atoms with Crippen LogP contribution < -0.4 is 5.56 Å². The summed E-state index contributed by atoms with van der Waals surface area (Å²) in [6.07, 6.45) is 1.29. The fraction of sp³-hybridized carbons (Fsp3) is 0.364. The summed E-state index contributed by atoms with van der Waals surface area (Å²) in [4.78, 5) is 28.2. The number of carbonyl (C=O) groups is 1. The van der Waals surface area contributed by atoms with Crippen LogP contribution in [0, 0.1) is 0 Å². The fourth-order valence-electron chi connectivity index (χ4n) is 1.58. The van der Waals surface area contributed by atoms with E-state index in [2.05, 4.69) is 4.98 Å². The number of halogens is 1. The largest absolute Gasteiger partial charge is 0.462 e. The van der Waals surface area contributed by atoms with Crippen LogP contribution in [0.3, 0.4) is 0 Å². The van der Waals surface area contributed by atoms with Gasteiger partial charge in [0.1, 0.15) is 11.5 Å². The van der Waals surface area contributed by atoms with Crippen LogP contribution in [0.15, 0.2) is 16.5 Å². The van der Waals surface area contributed by atoms with Gasteiger partial charge in [-0.25, -0.2) is 14.2 Å². The number of hydrogen-bond acceptors (Lipinski definition) is 5. The Balaban J connectivity index is 2.59. The number of fused-ring (bicyclic) bond motifs is 1. The second-order valence-electron chi connectivity index (χ2n) is 3.48. The van der Waals surface area contributed by atoms with Gasteiger partial charge in [0.05, 0.1) is 30.4 Å². The highest BCUT2D eigenvalue weighted by molar-refractivity contribution is 7.17. The van der Waals surface area contributed by atoms with Crippen molar-refractivity contribution in [2.75, 3.05) is 13.3 Å².